The van der Waals surface area contributed by atoms with Crippen LogP contribution in [0.15, 0.2) is 17.9 Å². The van der Waals surface area contributed by atoms with E-state index < -0.39 is 0 Å². The van der Waals surface area contributed by atoms with Gasteiger partial charge in [-0.3, -0.25) is 0 Å². The van der Waals surface area contributed by atoms with Crippen molar-refractivity contribution in [3.63, 3.8) is 0 Å². The topological polar surface area (TPSA) is 0 Å². The maximum Gasteiger partial charge on any atom is -0.00404 e. The minimum atomic E-state index is 0.554. The Morgan fingerprint density at radius 3 is 2.38 bits per heavy atom. The maximum absolute atomic E-state index is 2.48. The van der Waals surface area contributed by atoms with E-state index >= 15 is 0 Å². The highest BCUT2D eigenvalue weighted by atomic mass is 31.0. The summed E-state index contributed by atoms with van der Waals surface area (Å²) in [7, 11) is 0.979. The molecule has 1 heterocycles. The van der Waals surface area contributed by atoms with Crippen LogP contribution in [0.25, 0.3) is 0 Å². The van der Waals surface area contributed by atoms with Crippen molar-refractivity contribution in [3.05, 3.63) is 23.2 Å². The Bertz CT molecular complexity index is 240. The normalized spacial score (nSPS) is 23.2. The Labute approximate surface area is 82.8 Å². The van der Waals surface area contributed by atoms with Gasteiger partial charge < -0.3 is 0 Å². The van der Waals surface area contributed by atoms with Gasteiger partial charge in [0.2, 0.25) is 0 Å². The summed E-state index contributed by atoms with van der Waals surface area (Å²) in [6.07, 6.45) is 8.65. The van der Waals surface area contributed by atoms with Crippen LogP contribution in [-0.4, -0.2) is 0 Å². The largest absolute Gasteiger partial charge is 0.136 e. The van der Waals surface area contributed by atoms with Crippen LogP contribution in [0.1, 0.15) is 50.7 Å². The first-order valence-electron chi connectivity index (χ1n) is 5.45. The van der Waals surface area contributed by atoms with E-state index in [4.69, 9.17) is 0 Å². The Morgan fingerprint density at radius 1 is 1.15 bits per heavy atom. The molecule has 1 aromatic rings. The van der Waals surface area contributed by atoms with Gasteiger partial charge in [-0.15, -0.1) is 8.19 Å². The molecule has 1 aromatic heterocycles. The SMILES string of the molecule is CC1(c2ccc[pH]2)CCCCCC1. The molecule has 1 aliphatic carbocycles. The van der Waals surface area contributed by atoms with Gasteiger partial charge in [0.05, 0.1) is 0 Å². The van der Waals surface area contributed by atoms with Crippen molar-refractivity contribution in [1.82, 2.24) is 0 Å². The molecule has 1 saturated carbocycles. The second kappa shape index (κ2) is 3.88. The molecule has 0 nitrogen and oxygen atoms in total. The van der Waals surface area contributed by atoms with Crippen LogP contribution in [0.5, 0.6) is 0 Å². The van der Waals surface area contributed by atoms with E-state index in [-0.39, 0.29) is 0 Å². The van der Waals surface area contributed by atoms with Gasteiger partial charge in [-0.2, -0.15) is 0 Å². The summed E-state index contributed by atoms with van der Waals surface area (Å²) in [6, 6.07) is 4.60. The Kier molecular flexibility index (Phi) is 2.79. The molecule has 72 valence electrons. The summed E-state index contributed by atoms with van der Waals surface area (Å²) in [5.41, 5.74) is 0.554. The molecule has 1 unspecified atom stereocenters. The molecule has 0 aromatic carbocycles. The summed E-state index contributed by atoms with van der Waals surface area (Å²) >= 11 is 0. The van der Waals surface area contributed by atoms with Crippen LogP contribution in [0, 0.1) is 0 Å². The van der Waals surface area contributed by atoms with Crippen LogP contribution in [0.2, 0.25) is 0 Å². The lowest BCUT2D eigenvalue weighted by molar-refractivity contribution is 0.417. The monoisotopic (exact) mass is 194 g/mol. The molecule has 0 bridgehead atoms. The molecule has 0 radical (unpaired) electrons. The zero-order chi connectivity index (χ0) is 9.15. The van der Waals surface area contributed by atoms with E-state index in [9.17, 15) is 0 Å². The Morgan fingerprint density at radius 2 is 1.85 bits per heavy atom. The van der Waals surface area contributed by atoms with Crippen LogP contribution < -0.4 is 0 Å². The van der Waals surface area contributed by atoms with Crippen molar-refractivity contribution in [2.75, 3.05) is 0 Å². The summed E-state index contributed by atoms with van der Waals surface area (Å²) in [4.78, 5) is 0. The first-order valence-corrected chi connectivity index (χ1v) is 6.53. The third-order valence-corrected chi connectivity index (χ3v) is 4.90. The highest BCUT2D eigenvalue weighted by Gasteiger charge is 2.27. The van der Waals surface area contributed by atoms with Crippen LogP contribution in [-0.2, 0) is 5.41 Å². The lowest BCUT2D eigenvalue weighted by Gasteiger charge is -2.27. The molecular weight excluding hydrogens is 175 g/mol. The number of hydrogen-bond acceptors (Lipinski definition) is 0. The predicted octanol–water partition coefficient (Wildman–Crippen LogP) is 4.33. The van der Waals surface area contributed by atoms with E-state index in [2.05, 4.69) is 24.9 Å². The van der Waals surface area contributed by atoms with Gasteiger partial charge in [-0.25, -0.2) is 0 Å². The van der Waals surface area contributed by atoms with Gasteiger partial charge in [0.1, 0.15) is 0 Å². The lowest BCUT2D eigenvalue weighted by atomic mass is 9.81. The third-order valence-electron chi connectivity index (χ3n) is 3.46. The van der Waals surface area contributed by atoms with E-state index in [1.54, 1.807) is 5.30 Å². The molecule has 1 atom stereocenters. The molecule has 0 aliphatic heterocycles. The van der Waals surface area contributed by atoms with Crippen molar-refractivity contribution in [2.24, 2.45) is 0 Å². The fourth-order valence-corrected chi connectivity index (χ4v) is 3.65. The van der Waals surface area contributed by atoms with Gasteiger partial charge in [-0.1, -0.05) is 44.7 Å². The van der Waals surface area contributed by atoms with E-state index in [0.29, 0.717) is 5.41 Å². The minimum Gasteiger partial charge on any atom is -0.136 e. The first kappa shape index (κ1) is 9.34. The summed E-state index contributed by atoms with van der Waals surface area (Å²) in [5, 5.41) is 1.72. The molecule has 1 aliphatic rings. The van der Waals surface area contributed by atoms with Gasteiger partial charge in [0.15, 0.2) is 0 Å². The summed E-state index contributed by atoms with van der Waals surface area (Å²) in [5.74, 6) is 2.32. The average molecular weight is 194 g/mol. The first-order chi connectivity index (χ1) is 6.31. The predicted molar refractivity (Wildman–Crippen MR) is 61.0 cm³/mol. The zero-order valence-corrected chi connectivity index (χ0v) is 9.47. The smallest absolute Gasteiger partial charge is 0.00404 e. The van der Waals surface area contributed by atoms with Gasteiger partial charge in [0.25, 0.3) is 0 Å². The quantitative estimate of drug-likeness (QED) is 0.584. The number of rotatable bonds is 1. The molecule has 0 spiro atoms. The Balaban J connectivity index is 2.17. The van der Waals surface area contributed by atoms with Gasteiger partial charge in [-0.05, 0) is 29.4 Å². The molecule has 0 saturated heterocycles. The Hall–Kier alpha value is -0.220. The molecule has 0 N–H and O–H groups in total. The fraction of sp³-hybridized carbons (Fsp3) is 0.667. The van der Waals surface area contributed by atoms with Crippen molar-refractivity contribution >= 4 is 8.19 Å². The second-order valence-electron chi connectivity index (χ2n) is 4.56. The van der Waals surface area contributed by atoms with Gasteiger partial charge >= 0.3 is 0 Å². The van der Waals surface area contributed by atoms with E-state index in [1.165, 1.54) is 38.5 Å². The maximum atomic E-state index is 2.48. The molecule has 2 rings (SSSR count). The van der Waals surface area contributed by atoms with E-state index in [1.807, 2.05) is 0 Å². The van der Waals surface area contributed by atoms with Crippen molar-refractivity contribution in [2.45, 2.75) is 50.9 Å². The highest BCUT2D eigenvalue weighted by molar-refractivity contribution is 7.30. The van der Waals surface area contributed by atoms with Crippen LogP contribution in [0.4, 0.5) is 0 Å². The van der Waals surface area contributed by atoms with Crippen molar-refractivity contribution < 1.29 is 0 Å². The lowest BCUT2D eigenvalue weighted by Crippen LogP contribution is -2.18. The minimum absolute atomic E-state index is 0.554. The molecule has 13 heavy (non-hydrogen) atoms. The molecular formula is C12H19P. The zero-order valence-electron chi connectivity index (χ0n) is 8.47. The van der Waals surface area contributed by atoms with Crippen molar-refractivity contribution in [1.29, 1.82) is 0 Å². The third kappa shape index (κ3) is 1.99. The molecule has 0 amide bonds. The molecule has 1 heteroatoms. The van der Waals surface area contributed by atoms with Crippen molar-refractivity contribution in [3.8, 4) is 0 Å². The molecule has 1 fully saturated rings. The van der Waals surface area contributed by atoms with Crippen LogP contribution >= 0.6 is 8.19 Å². The highest BCUT2D eigenvalue weighted by Crippen LogP contribution is 2.41. The van der Waals surface area contributed by atoms with Gasteiger partial charge in [0, 0.05) is 0 Å². The summed E-state index contributed by atoms with van der Waals surface area (Å²) in [6.45, 7) is 2.48. The van der Waals surface area contributed by atoms with Crippen LogP contribution in [0.3, 0.4) is 0 Å². The summed E-state index contributed by atoms with van der Waals surface area (Å²) < 4.78 is 0. The number of hydrogen-bond donors (Lipinski definition) is 0. The standard InChI is InChI=1S/C12H19P/c1-12(11-7-6-10-13-11)8-4-2-3-5-9-12/h6-7,10,13H,2-5,8-9H2,1H3. The second-order valence-corrected chi connectivity index (χ2v) is 5.72. The fourth-order valence-electron chi connectivity index (χ4n) is 2.48. The van der Waals surface area contributed by atoms with E-state index in [0.717, 1.165) is 8.19 Å². The average Bonchev–Trinajstić information content (AvgIpc) is 2.57.